The van der Waals surface area contributed by atoms with Gasteiger partial charge in [0, 0.05) is 12.6 Å². The third-order valence-electron chi connectivity index (χ3n) is 5.28. The topological polar surface area (TPSA) is 29.3 Å². The minimum atomic E-state index is 0.175. The number of nitrogens with zero attached hydrogens (tertiary/aromatic N) is 1. The second-order valence-electron chi connectivity index (χ2n) is 6.54. The Labute approximate surface area is 124 Å². The van der Waals surface area contributed by atoms with Crippen molar-refractivity contribution in [2.45, 2.75) is 52.5 Å². The van der Waals surface area contributed by atoms with Crippen molar-refractivity contribution >= 4 is 0 Å². The Bertz CT molecular complexity index is 406. The number of hydrogen-bond acceptors (Lipinski definition) is 2. The second-order valence-corrected chi connectivity index (χ2v) is 6.54. The standard InChI is InChI=1S/C18H30N2/c1-4-18(5-2)11-13-20(14-18)12-10-17(19)16-8-6-15(3)7-9-16/h6-9,17H,4-5,10-14,19H2,1-3H3. The zero-order chi connectivity index (χ0) is 14.6. The normalized spacial score (nSPS) is 20.2. The number of nitrogens with two attached hydrogens (primary N) is 1. The highest BCUT2D eigenvalue weighted by Gasteiger charge is 2.34. The zero-order valence-electron chi connectivity index (χ0n) is 13.4. The maximum Gasteiger partial charge on any atom is 0.0307 e. The molecular weight excluding hydrogens is 244 g/mol. The number of aryl methyl sites for hydroxylation is 1. The number of hydrogen-bond donors (Lipinski definition) is 1. The Kier molecular flexibility index (Phi) is 5.22. The van der Waals surface area contributed by atoms with Crippen molar-refractivity contribution in [3.05, 3.63) is 35.4 Å². The van der Waals surface area contributed by atoms with Crippen LogP contribution in [0.1, 0.15) is 56.7 Å². The summed E-state index contributed by atoms with van der Waals surface area (Å²) in [6, 6.07) is 8.83. The van der Waals surface area contributed by atoms with Crippen molar-refractivity contribution < 1.29 is 0 Å². The molecule has 2 heteroatoms. The van der Waals surface area contributed by atoms with Crippen LogP contribution in [0, 0.1) is 12.3 Å². The molecular formula is C18H30N2. The maximum atomic E-state index is 6.33. The molecule has 1 atom stereocenters. The summed E-state index contributed by atoms with van der Waals surface area (Å²) in [6.07, 6.45) is 5.04. The lowest BCUT2D eigenvalue weighted by Crippen LogP contribution is -2.29. The van der Waals surface area contributed by atoms with Gasteiger partial charge in [0.05, 0.1) is 0 Å². The van der Waals surface area contributed by atoms with Crippen LogP contribution in [0.3, 0.4) is 0 Å². The fourth-order valence-electron chi connectivity index (χ4n) is 3.35. The highest BCUT2D eigenvalue weighted by molar-refractivity contribution is 5.23. The van der Waals surface area contributed by atoms with E-state index < -0.39 is 0 Å². The predicted octanol–water partition coefficient (Wildman–Crippen LogP) is 3.90. The van der Waals surface area contributed by atoms with E-state index in [1.807, 2.05) is 0 Å². The average Bonchev–Trinajstić information content (AvgIpc) is 2.90. The molecule has 1 aliphatic rings. The minimum absolute atomic E-state index is 0.175. The number of likely N-dealkylation sites (tertiary alicyclic amines) is 1. The Hall–Kier alpha value is -0.860. The van der Waals surface area contributed by atoms with E-state index in [2.05, 4.69) is 49.9 Å². The van der Waals surface area contributed by atoms with Crippen molar-refractivity contribution in [3.63, 3.8) is 0 Å². The molecule has 20 heavy (non-hydrogen) atoms. The van der Waals surface area contributed by atoms with E-state index in [9.17, 15) is 0 Å². The molecule has 1 saturated heterocycles. The first-order chi connectivity index (χ1) is 9.58. The van der Waals surface area contributed by atoms with E-state index in [4.69, 9.17) is 5.73 Å². The average molecular weight is 274 g/mol. The first-order valence-electron chi connectivity index (χ1n) is 8.13. The van der Waals surface area contributed by atoms with Crippen LogP contribution in [0.4, 0.5) is 0 Å². The Morgan fingerprint density at radius 3 is 2.40 bits per heavy atom. The van der Waals surface area contributed by atoms with Crippen LogP contribution < -0.4 is 5.73 Å². The van der Waals surface area contributed by atoms with Gasteiger partial charge in [0.15, 0.2) is 0 Å². The van der Waals surface area contributed by atoms with E-state index in [0.29, 0.717) is 5.41 Å². The molecule has 2 rings (SSSR count). The summed E-state index contributed by atoms with van der Waals surface area (Å²) in [7, 11) is 0. The third kappa shape index (κ3) is 3.62. The molecule has 0 bridgehead atoms. The SMILES string of the molecule is CCC1(CC)CCN(CCC(N)c2ccc(C)cc2)C1. The summed E-state index contributed by atoms with van der Waals surface area (Å²) in [5, 5.41) is 0. The number of benzene rings is 1. The van der Waals surface area contributed by atoms with Crippen LogP contribution in [0.5, 0.6) is 0 Å². The summed E-state index contributed by atoms with van der Waals surface area (Å²) in [5.74, 6) is 0. The van der Waals surface area contributed by atoms with Gasteiger partial charge in [-0.15, -0.1) is 0 Å². The summed E-state index contributed by atoms with van der Waals surface area (Å²) in [5.41, 5.74) is 9.48. The number of rotatable bonds is 6. The molecule has 2 N–H and O–H groups in total. The summed E-state index contributed by atoms with van der Waals surface area (Å²) >= 11 is 0. The molecule has 1 aromatic carbocycles. The largest absolute Gasteiger partial charge is 0.324 e. The summed E-state index contributed by atoms with van der Waals surface area (Å²) in [6.45, 7) is 10.4. The van der Waals surface area contributed by atoms with E-state index in [-0.39, 0.29) is 6.04 Å². The lowest BCUT2D eigenvalue weighted by atomic mass is 9.82. The molecule has 0 amide bonds. The molecule has 1 unspecified atom stereocenters. The van der Waals surface area contributed by atoms with Crippen molar-refractivity contribution in [3.8, 4) is 0 Å². The molecule has 112 valence electrons. The summed E-state index contributed by atoms with van der Waals surface area (Å²) in [4.78, 5) is 2.61. The van der Waals surface area contributed by atoms with Crippen LogP contribution in [-0.4, -0.2) is 24.5 Å². The highest BCUT2D eigenvalue weighted by atomic mass is 15.2. The van der Waals surface area contributed by atoms with Crippen LogP contribution in [-0.2, 0) is 0 Å². The lowest BCUT2D eigenvalue weighted by Gasteiger charge is -2.27. The van der Waals surface area contributed by atoms with Gasteiger partial charge in [0.2, 0.25) is 0 Å². The first-order valence-corrected chi connectivity index (χ1v) is 8.13. The molecule has 1 aliphatic heterocycles. The minimum Gasteiger partial charge on any atom is -0.324 e. The van der Waals surface area contributed by atoms with Gasteiger partial charge in [0.25, 0.3) is 0 Å². The van der Waals surface area contributed by atoms with Crippen LogP contribution in [0.15, 0.2) is 24.3 Å². The van der Waals surface area contributed by atoms with Crippen molar-refractivity contribution in [2.75, 3.05) is 19.6 Å². The Morgan fingerprint density at radius 1 is 1.20 bits per heavy atom. The fraction of sp³-hybridized carbons (Fsp3) is 0.667. The zero-order valence-corrected chi connectivity index (χ0v) is 13.4. The van der Waals surface area contributed by atoms with Gasteiger partial charge in [0.1, 0.15) is 0 Å². The van der Waals surface area contributed by atoms with Gasteiger partial charge in [-0.1, -0.05) is 43.7 Å². The molecule has 1 heterocycles. The van der Waals surface area contributed by atoms with Gasteiger partial charge in [-0.3, -0.25) is 0 Å². The van der Waals surface area contributed by atoms with Crippen LogP contribution in [0.25, 0.3) is 0 Å². The highest BCUT2D eigenvalue weighted by Crippen LogP contribution is 2.37. The Morgan fingerprint density at radius 2 is 1.85 bits per heavy atom. The molecule has 0 saturated carbocycles. The predicted molar refractivity (Wildman–Crippen MR) is 86.8 cm³/mol. The quantitative estimate of drug-likeness (QED) is 0.852. The lowest BCUT2D eigenvalue weighted by molar-refractivity contribution is 0.236. The van der Waals surface area contributed by atoms with Gasteiger partial charge in [-0.05, 0) is 56.7 Å². The molecule has 1 fully saturated rings. The van der Waals surface area contributed by atoms with E-state index >= 15 is 0 Å². The van der Waals surface area contributed by atoms with E-state index in [1.165, 1.54) is 43.5 Å². The second kappa shape index (κ2) is 6.73. The Balaban J connectivity index is 1.82. The van der Waals surface area contributed by atoms with Gasteiger partial charge >= 0.3 is 0 Å². The van der Waals surface area contributed by atoms with Crippen LogP contribution >= 0.6 is 0 Å². The van der Waals surface area contributed by atoms with Crippen molar-refractivity contribution in [2.24, 2.45) is 11.1 Å². The monoisotopic (exact) mass is 274 g/mol. The molecule has 2 nitrogen and oxygen atoms in total. The molecule has 0 aliphatic carbocycles. The molecule has 0 spiro atoms. The van der Waals surface area contributed by atoms with E-state index in [1.54, 1.807) is 0 Å². The van der Waals surface area contributed by atoms with Crippen molar-refractivity contribution in [1.82, 2.24) is 4.90 Å². The third-order valence-corrected chi connectivity index (χ3v) is 5.28. The smallest absolute Gasteiger partial charge is 0.0307 e. The fourth-order valence-corrected chi connectivity index (χ4v) is 3.35. The molecule has 0 radical (unpaired) electrons. The van der Waals surface area contributed by atoms with Gasteiger partial charge < -0.3 is 10.6 Å². The van der Waals surface area contributed by atoms with Crippen molar-refractivity contribution in [1.29, 1.82) is 0 Å². The first kappa shape index (κ1) is 15.5. The molecule has 1 aromatic rings. The van der Waals surface area contributed by atoms with E-state index in [0.717, 1.165) is 13.0 Å². The molecule has 0 aromatic heterocycles. The summed E-state index contributed by atoms with van der Waals surface area (Å²) < 4.78 is 0. The van der Waals surface area contributed by atoms with Gasteiger partial charge in [-0.2, -0.15) is 0 Å². The maximum absolute atomic E-state index is 6.33. The van der Waals surface area contributed by atoms with Crippen LogP contribution in [0.2, 0.25) is 0 Å². The van der Waals surface area contributed by atoms with Gasteiger partial charge in [-0.25, -0.2) is 0 Å².